The maximum Gasteiger partial charge on any atom is 0.387 e. The van der Waals surface area contributed by atoms with Gasteiger partial charge in [0.25, 0.3) is 0 Å². The molecule has 0 amide bonds. The topological polar surface area (TPSA) is 78.1 Å². The molecule has 0 unspecified atom stereocenters. The van der Waals surface area contributed by atoms with E-state index in [0.717, 1.165) is 11.3 Å². The van der Waals surface area contributed by atoms with Crippen molar-refractivity contribution in [3.8, 4) is 11.5 Å². The van der Waals surface area contributed by atoms with Crippen molar-refractivity contribution in [3.63, 3.8) is 0 Å². The lowest BCUT2D eigenvalue weighted by Gasteiger charge is -2.15. The summed E-state index contributed by atoms with van der Waals surface area (Å²) in [6.07, 6.45) is 0. The second kappa shape index (κ2) is 12.3. The van der Waals surface area contributed by atoms with Crippen LogP contribution in [0.15, 0.2) is 47.5 Å². The number of rotatable bonds is 9. The van der Waals surface area contributed by atoms with Crippen LogP contribution in [-0.2, 0) is 17.9 Å². The molecule has 3 N–H and O–H groups in total. The summed E-state index contributed by atoms with van der Waals surface area (Å²) in [5.74, 6) is 0.344. The lowest BCUT2D eigenvalue weighted by atomic mass is 10.2. The predicted molar refractivity (Wildman–Crippen MR) is 116 cm³/mol. The molecule has 0 heterocycles. The van der Waals surface area contributed by atoms with Crippen molar-refractivity contribution in [1.29, 1.82) is 0 Å². The highest BCUT2D eigenvalue weighted by Gasteiger charge is 2.15. The van der Waals surface area contributed by atoms with Gasteiger partial charge in [-0.05, 0) is 19.1 Å². The molecule has 9 heteroatoms. The van der Waals surface area contributed by atoms with Crippen molar-refractivity contribution in [3.05, 3.63) is 53.6 Å². The maximum atomic E-state index is 12.8. The highest BCUT2D eigenvalue weighted by atomic mass is 127. The molecular weight excluding hydrogens is 483 g/mol. The molecule has 28 heavy (non-hydrogen) atoms. The molecule has 0 bridgehead atoms. The first kappa shape index (κ1) is 23.9. The second-order valence-electron chi connectivity index (χ2n) is 5.47. The molecule has 2 aromatic rings. The Kier molecular flexibility index (Phi) is 10.5. The molecule has 0 aliphatic carbocycles. The number of para-hydroxylation sites is 2. The number of anilines is 1. The van der Waals surface area contributed by atoms with Crippen molar-refractivity contribution in [2.24, 2.45) is 10.7 Å². The van der Waals surface area contributed by atoms with Gasteiger partial charge in [-0.15, -0.1) is 24.0 Å². The Bertz CT molecular complexity index is 776. The number of nitrogens with two attached hydrogens (primary N) is 1. The quantitative estimate of drug-likeness (QED) is 0.300. The van der Waals surface area contributed by atoms with Crippen LogP contribution in [0.4, 0.5) is 14.5 Å². The summed E-state index contributed by atoms with van der Waals surface area (Å²) in [4.78, 5) is 4.22. The molecule has 0 spiro atoms. The molecular formula is C19H24F2IN3O3. The van der Waals surface area contributed by atoms with Crippen LogP contribution in [-0.4, -0.2) is 26.3 Å². The van der Waals surface area contributed by atoms with Crippen LogP contribution in [0.3, 0.4) is 0 Å². The molecule has 154 valence electrons. The van der Waals surface area contributed by atoms with E-state index in [1.165, 1.54) is 0 Å². The fraction of sp³-hybridized carbons (Fsp3) is 0.316. The van der Waals surface area contributed by atoms with Crippen molar-refractivity contribution in [1.82, 2.24) is 0 Å². The largest absolute Gasteiger partial charge is 0.490 e. The van der Waals surface area contributed by atoms with Crippen LogP contribution in [0.2, 0.25) is 0 Å². The van der Waals surface area contributed by atoms with Crippen molar-refractivity contribution in [2.75, 3.05) is 19.0 Å². The number of aliphatic imine (C=N–C) groups is 1. The first-order chi connectivity index (χ1) is 13.0. The normalized spacial score (nSPS) is 11.1. The van der Waals surface area contributed by atoms with Gasteiger partial charge in [0.1, 0.15) is 0 Å². The third-order valence-electron chi connectivity index (χ3n) is 3.57. The van der Waals surface area contributed by atoms with E-state index in [1.54, 1.807) is 32.2 Å². The van der Waals surface area contributed by atoms with E-state index in [2.05, 4.69) is 15.0 Å². The highest BCUT2D eigenvalue weighted by molar-refractivity contribution is 14.0. The van der Waals surface area contributed by atoms with E-state index in [-0.39, 0.29) is 48.0 Å². The Morgan fingerprint density at radius 2 is 1.86 bits per heavy atom. The Morgan fingerprint density at radius 3 is 2.54 bits per heavy atom. The molecule has 0 aliphatic heterocycles. The zero-order chi connectivity index (χ0) is 19.6. The van der Waals surface area contributed by atoms with Gasteiger partial charge in [0.15, 0.2) is 17.5 Å². The number of methoxy groups -OCH3 is 1. The summed E-state index contributed by atoms with van der Waals surface area (Å²) in [5.41, 5.74) is 8.06. The van der Waals surface area contributed by atoms with Gasteiger partial charge in [-0.25, -0.2) is 4.99 Å². The second-order valence-corrected chi connectivity index (χ2v) is 5.47. The molecule has 2 rings (SSSR count). The van der Waals surface area contributed by atoms with E-state index in [0.29, 0.717) is 18.8 Å². The van der Waals surface area contributed by atoms with Crippen molar-refractivity contribution in [2.45, 2.75) is 26.7 Å². The van der Waals surface area contributed by atoms with Crippen LogP contribution in [0.25, 0.3) is 0 Å². The summed E-state index contributed by atoms with van der Waals surface area (Å²) < 4.78 is 40.7. The summed E-state index contributed by atoms with van der Waals surface area (Å²) in [6, 6.07) is 12.4. The Hall–Kier alpha value is -2.14. The first-order valence-corrected chi connectivity index (χ1v) is 8.38. The van der Waals surface area contributed by atoms with Crippen LogP contribution < -0.4 is 20.5 Å². The van der Waals surface area contributed by atoms with E-state index in [9.17, 15) is 8.78 Å². The van der Waals surface area contributed by atoms with Gasteiger partial charge in [0.2, 0.25) is 0 Å². The van der Waals surface area contributed by atoms with Crippen molar-refractivity contribution < 1.29 is 23.0 Å². The lowest BCUT2D eigenvalue weighted by Crippen LogP contribution is -2.23. The minimum absolute atomic E-state index is 0. The Morgan fingerprint density at radius 1 is 1.14 bits per heavy atom. The van der Waals surface area contributed by atoms with Crippen LogP contribution in [0, 0.1) is 0 Å². The van der Waals surface area contributed by atoms with Gasteiger partial charge in [0, 0.05) is 23.9 Å². The number of hydrogen-bond donors (Lipinski definition) is 2. The van der Waals surface area contributed by atoms with Gasteiger partial charge in [-0.1, -0.05) is 30.3 Å². The van der Waals surface area contributed by atoms with Crippen LogP contribution in [0.5, 0.6) is 11.5 Å². The van der Waals surface area contributed by atoms with Gasteiger partial charge >= 0.3 is 6.61 Å². The Labute approximate surface area is 180 Å². The smallest absolute Gasteiger partial charge is 0.387 e. The number of guanidine groups is 1. The molecule has 0 fully saturated rings. The summed E-state index contributed by atoms with van der Waals surface area (Å²) in [5, 5.41) is 2.99. The zero-order valence-electron chi connectivity index (χ0n) is 15.7. The number of hydrogen-bond acceptors (Lipinski definition) is 4. The molecule has 0 atom stereocenters. The molecule has 0 radical (unpaired) electrons. The third-order valence-corrected chi connectivity index (χ3v) is 3.57. The monoisotopic (exact) mass is 507 g/mol. The molecule has 0 aromatic heterocycles. The van der Waals surface area contributed by atoms with Gasteiger partial charge in [-0.3, -0.25) is 0 Å². The number of nitrogens with zero attached hydrogens (tertiary/aromatic N) is 1. The summed E-state index contributed by atoms with van der Waals surface area (Å²) in [6.45, 7) is -0.415. The minimum Gasteiger partial charge on any atom is -0.490 e. The lowest BCUT2D eigenvalue weighted by molar-refractivity contribution is -0.0520. The molecule has 0 aliphatic rings. The number of halogens is 3. The van der Waals surface area contributed by atoms with E-state index < -0.39 is 6.61 Å². The zero-order valence-corrected chi connectivity index (χ0v) is 18.0. The highest BCUT2D eigenvalue weighted by Crippen LogP contribution is 2.33. The van der Waals surface area contributed by atoms with Gasteiger partial charge < -0.3 is 25.3 Å². The minimum atomic E-state index is -2.97. The summed E-state index contributed by atoms with van der Waals surface area (Å²) in [7, 11) is 1.60. The Balaban J connectivity index is 0.00000392. The number of nitrogens with one attached hydrogen (secondary N) is 1. The number of benzene rings is 2. The van der Waals surface area contributed by atoms with Crippen LogP contribution in [0.1, 0.15) is 18.1 Å². The number of alkyl halides is 2. The molecule has 6 nitrogen and oxygen atoms in total. The molecule has 2 aromatic carbocycles. The molecule has 0 saturated heterocycles. The molecule has 0 saturated carbocycles. The fourth-order valence-electron chi connectivity index (χ4n) is 2.45. The van der Waals surface area contributed by atoms with Crippen LogP contribution >= 0.6 is 24.0 Å². The van der Waals surface area contributed by atoms with E-state index >= 15 is 0 Å². The van der Waals surface area contributed by atoms with Gasteiger partial charge in [-0.2, -0.15) is 8.78 Å². The maximum absolute atomic E-state index is 12.8. The standard InChI is InChI=1S/C19H23F2N3O3.HI/c1-3-26-16-10-6-8-13(17(16)27-18(20)21)11-23-19(22)24-15-9-5-4-7-14(15)12-25-2;/h4-10,18H,3,11-12H2,1-2H3,(H3,22,23,24);1H. The average Bonchev–Trinajstić information content (AvgIpc) is 2.63. The van der Waals surface area contributed by atoms with E-state index in [1.807, 2.05) is 24.3 Å². The SMILES string of the molecule is CCOc1cccc(CN=C(N)Nc2ccccc2COC)c1OC(F)F.I. The summed E-state index contributed by atoms with van der Waals surface area (Å²) >= 11 is 0. The first-order valence-electron chi connectivity index (χ1n) is 8.38. The third kappa shape index (κ3) is 7.12. The van der Waals surface area contributed by atoms with Gasteiger partial charge in [0.05, 0.1) is 19.8 Å². The average molecular weight is 507 g/mol. The van der Waals surface area contributed by atoms with E-state index in [4.69, 9.17) is 15.2 Å². The number of ether oxygens (including phenoxy) is 3. The fourth-order valence-corrected chi connectivity index (χ4v) is 2.45. The predicted octanol–water partition coefficient (Wildman–Crippen LogP) is 4.38. The van der Waals surface area contributed by atoms with Crippen molar-refractivity contribution >= 4 is 35.6 Å².